The van der Waals surface area contributed by atoms with Crippen molar-refractivity contribution in [3.8, 4) is 5.75 Å². The lowest BCUT2D eigenvalue weighted by Gasteiger charge is -2.31. The minimum absolute atomic E-state index is 0.0302. The number of benzene rings is 1. The first kappa shape index (κ1) is 9.50. The Bertz CT molecular complexity index is 327. The minimum atomic E-state index is -1.16. The molecule has 1 aromatic rings. The van der Waals surface area contributed by atoms with Crippen molar-refractivity contribution >= 4 is 0 Å². The van der Waals surface area contributed by atoms with Crippen molar-refractivity contribution in [3.63, 3.8) is 0 Å². The molecule has 0 saturated heterocycles. The van der Waals surface area contributed by atoms with E-state index in [1.807, 2.05) is 24.3 Å². The van der Waals surface area contributed by atoms with Gasteiger partial charge in [0.1, 0.15) is 11.4 Å². The molecule has 0 spiro atoms. The van der Waals surface area contributed by atoms with Gasteiger partial charge in [0, 0.05) is 5.92 Å². The second kappa shape index (κ2) is 3.26. The highest BCUT2D eigenvalue weighted by atomic mass is 19.1. The molecule has 1 atom stereocenters. The molecule has 0 N–H and O–H groups in total. The molecule has 2 heteroatoms. The molecule has 76 valence electrons. The summed E-state index contributed by atoms with van der Waals surface area (Å²) in [5.74, 6) is 0.880. The number of hydrogen-bond acceptors (Lipinski definition) is 1. The fourth-order valence-corrected chi connectivity index (χ4v) is 1.77. The Balaban J connectivity index is 2.22. The summed E-state index contributed by atoms with van der Waals surface area (Å²) in [6, 6.07) is 7.86. The lowest BCUT2D eigenvalue weighted by molar-refractivity contribution is 0.0693. The van der Waals surface area contributed by atoms with Crippen molar-refractivity contribution in [2.24, 2.45) is 5.92 Å². The zero-order chi connectivity index (χ0) is 10.2. The summed E-state index contributed by atoms with van der Waals surface area (Å²) in [6.45, 7) is 3.73. The number of hydrogen-bond donors (Lipinski definition) is 0. The summed E-state index contributed by atoms with van der Waals surface area (Å²) >= 11 is 0. The normalized spacial score (nSPS) is 21.2. The van der Waals surface area contributed by atoms with Gasteiger partial charge in [0.2, 0.25) is 0 Å². The second-order valence-corrected chi connectivity index (χ2v) is 4.38. The molecule has 0 saturated carbocycles. The topological polar surface area (TPSA) is 9.23 Å². The zero-order valence-electron chi connectivity index (χ0n) is 8.59. The fraction of sp³-hybridized carbons (Fsp3) is 0.500. The second-order valence-electron chi connectivity index (χ2n) is 4.38. The van der Waals surface area contributed by atoms with E-state index in [1.54, 1.807) is 13.8 Å². The van der Waals surface area contributed by atoms with Gasteiger partial charge < -0.3 is 4.74 Å². The molecule has 1 unspecified atom stereocenters. The average Bonchev–Trinajstić information content (AvgIpc) is 2.16. The maximum atomic E-state index is 13.7. The third kappa shape index (κ3) is 1.74. The first-order valence-corrected chi connectivity index (χ1v) is 4.97. The van der Waals surface area contributed by atoms with Crippen LogP contribution in [0.15, 0.2) is 24.3 Å². The predicted molar refractivity (Wildman–Crippen MR) is 54.3 cm³/mol. The summed E-state index contributed by atoms with van der Waals surface area (Å²) in [4.78, 5) is 0. The maximum absolute atomic E-state index is 13.7. The van der Waals surface area contributed by atoms with Crippen LogP contribution in [0, 0.1) is 5.92 Å². The van der Waals surface area contributed by atoms with Crippen molar-refractivity contribution in [2.45, 2.75) is 25.9 Å². The molecule has 0 aromatic heterocycles. The number of ether oxygens (including phenoxy) is 1. The van der Waals surface area contributed by atoms with Gasteiger partial charge in [0.25, 0.3) is 0 Å². The first-order chi connectivity index (χ1) is 6.57. The first-order valence-electron chi connectivity index (χ1n) is 4.97. The van der Waals surface area contributed by atoms with E-state index in [0.717, 1.165) is 17.7 Å². The third-order valence-electron chi connectivity index (χ3n) is 2.85. The van der Waals surface area contributed by atoms with Gasteiger partial charge in [-0.15, -0.1) is 0 Å². The van der Waals surface area contributed by atoms with Crippen molar-refractivity contribution in [3.05, 3.63) is 29.8 Å². The lowest BCUT2D eigenvalue weighted by Crippen LogP contribution is -2.35. The molecule has 0 bridgehead atoms. The van der Waals surface area contributed by atoms with E-state index in [0.29, 0.717) is 6.61 Å². The van der Waals surface area contributed by atoms with E-state index in [2.05, 4.69) is 0 Å². The number of fused-ring (bicyclic) bond motifs is 1. The molecule has 1 aliphatic rings. The zero-order valence-corrected chi connectivity index (χ0v) is 8.59. The van der Waals surface area contributed by atoms with E-state index in [4.69, 9.17) is 4.74 Å². The summed E-state index contributed by atoms with van der Waals surface area (Å²) < 4.78 is 19.2. The molecule has 1 heterocycles. The smallest absolute Gasteiger partial charge is 0.122 e. The Morgan fingerprint density at radius 1 is 1.36 bits per heavy atom. The van der Waals surface area contributed by atoms with Crippen LogP contribution in [-0.2, 0) is 6.42 Å². The largest absolute Gasteiger partial charge is 0.493 e. The van der Waals surface area contributed by atoms with E-state index < -0.39 is 5.67 Å². The minimum Gasteiger partial charge on any atom is -0.493 e. The Labute approximate surface area is 83.9 Å². The SMILES string of the molecule is CC(C)(F)C1COc2ccccc2C1. The molecular formula is C12H15FO. The van der Waals surface area contributed by atoms with Crippen molar-refractivity contribution in [1.82, 2.24) is 0 Å². The van der Waals surface area contributed by atoms with Crippen molar-refractivity contribution < 1.29 is 9.13 Å². The van der Waals surface area contributed by atoms with E-state index in [1.165, 1.54) is 0 Å². The van der Waals surface area contributed by atoms with Gasteiger partial charge in [-0.3, -0.25) is 0 Å². The summed E-state index contributed by atoms with van der Waals surface area (Å²) in [5, 5.41) is 0. The monoisotopic (exact) mass is 194 g/mol. The van der Waals surface area contributed by atoms with Gasteiger partial charge in [0.15, 0.2) is 0 Å². The van der Waals surface area contributed by atoms with Gasteiger partial charge in [-0.2, -0.15) is 0 Å². The van der Waals surface area contributed by atoms with Gasteiger partial charge >= 0.3 is 0 Å². The summed E-state index contributed by atoms with van der Waals surface area (Å²) in [6.07, 6.45) is 0.777. The average molecular weight is 194 g/mol. The van der Waals surface area contributed by atoms with Crippen LogP contribution in [0.3, 0.4) is 0 Å². The Morgan fingerprint density at radius 2 is 2.07 bits per heavy atom. The van der Waals surface area contributed by atoms with Crippen LogP contribution in [0.25, 0.3) is 0 Å². The van der Waals surface area contributed by atoms with Crippen LogP contribution < -0.4 is 4.74 Å². The van der Waals surface area contributed by atoms with Crippen LogP contribution in [0.2, 0.25) is 0 Å². The number of halogens is 1. The standard InChI is InChI=1S/C12H15FO/c1-12(2,13)10-7-9-5-3-4-6-11(9)14-8-10/h3-6,10H,7-8H2,1-2H3. The third-order valence-corrected chi connectivity index (χ3v) is 2.85. The van der Waals surface area contributed by atoms with Crippen LogP contribution in [-0.4, -0.2) is 12.3 Å². The molecule has 0 amide bonds. The molecule has 0 aliphatic carbocycles. The van der Waals surface area contributed by atoms with Crippen molar-refractivity contribution in [1.29, 1.82) is 0 Å². The highest BCUT2D eigenvalue weighted by molar-refractivity contribution is 5.35. The molecule has 0 fully saturated rings. The molecule has 14 heavy (non-hydrogen) atoms. The molecule has 1 aliphatic heterocycles. The quantitative estimate of drug-likeness (QED) is 0.667. The molecular weight excluding hydrogens is 179 g/mol. The maximum Gasteiger partial charge on any atom is 0.122 e. The molecule has 1 aromatic carbocycles. The van der Waals surface area contributed by atoms with Crippen LogP contribution >= 0.6 is 0 Å². The predicted octanol–water partition coefficient (Wildman–Crippen LogP) is 2.99. The van der Waals surface area contributed by atoms with E-state index in [9.17, 15) is 4.39 Å². The lowest BCUT2D eigenvalue weighted by atomic mass is 9.86. The fourth-order valence-electron chi connectivity index (χ4n) is 1.77. The molecule has 0 radical (unpaired) electrons. The van der Waals surface area contributed by atoms with Gasteiger partial charge in [-0.1, -0.05) is 18.2 Å². The number of alkyl halides is 1. The van der Waals surface area contributed by atoms with Gasteiger partial charge in [0.05, 0.1) is 6.61 Å². The van der Waals surface area contributed by atoms with Crippen LogP contribution in [0.1, 0.15) is 19.4 Å². The van der Waals surface area contributed by atoms with Crippen molar-refractivity contribution in [2.75, 3.05) is 6.61 Å². The number of rotatable bonds is 1. The van der Waals surface area contributed by atoms with Crippen LogP contribution in [0.4, 0.5) is 4.39 Å². The van der Waals surface area contributed by atoms with Gasteiger partial charge in [-0.05, 0) is 31.9 Å². The van der Waals surface area contributed by atoms with Gasteiger partial charge in [-0.25, -0.2) is 4.39 Å². The molecule has 2 rings (SSSR count). The Kier molecular flexibility index (Phi) is 2.22. The number of para-hydroxylation sites is 1. The molecule has 1 nitrogen and oxygen atoms in total. The van der Waals surface area contributed by atoms with Crippen LogP contribution in [0.5, 0.6) is 5.75 Å². The Morgan fingerprint density at radius 3 is 2.79 bits per heavy atom. The Hall–Kier alpha value is -1.05. The van der Waals surface area contributed by atoms with E-state index in [-0.39, 0.29) is 5.92 Å². The summed E-state index contributed by atoms with van der Waals surface area (Å²) in [5.41, 5.74) is -0.0393. The highest BCUT2D eigenvalue weighted by Crippen LogP contribution is 2.33. The summed E-state index contributed by atoms with van der Waals surface area (Å²) in [7, 11) is 0. The van der Waals surface area contributed by atoms with E-state index >= 15 is 0 Å². The highest BCUT2D eigenvalue weighted by Gasteiger charge is 2.33.